The fourth-order valence-corrected chi connectivity index (χ4v) is 3.23. The highest BCUT2D eigenvalue weighted by Crippen LogP contribution is 2.28. The molecule has 2 rings (SSSR count). The van der Waals surface area contributed by atoms with E-state index in [4.69, 9.17) is 23.2 Å². The molecule has 1 aromatic carbocycles. The molecule has 2 aromatic rings. The second-order valence-electron chi connectivity index (χ2n) is 4.07. The lowest BCUT2D eigenvalue weighted by Gasteiger charge is -2.21. The van der Waals surface area contributed by atoms with E-state index >= 15 is 0 Å². The van der Waals surface area contributed by atoms with Gasteiger partial charge in [-0.1, -0.05) is 25.6 Å². The zero-order valence-electron chi connectivity index (χ0n) is 10.1. The van der Waals surface area contributed by atoms with Crippen molar-refractivity contribution >= 4 is 50.2 Å². The Morgan fingerprint density at radius 1 is 1.39 bits per heavy atom. The van der Waals surface area contributed by atoms with Crippen LogP contribution in [0.2, 0.25) is 0 Å². The molecule has 1 aromatic heterocycles. The van der Waals surface area contributed by atoms with E-state index in [2.05, 4.69) is 41.5 Å². The van der Waals surface area contributed by atoms with Crippen LogP contribution in [-0.2, 0) is 0 Å². The number of hydrogen-bond acceptors (Lipinski definition) is 2. The van der Waals surface area contributed by atoms with Crippen LogP contribution in [0.5, 0.6) is 0 Å². The zero-order chi connectivity index (χ0) is 13.1. The lowest BCUT2D eigenvalue weighted by atomic mass is 10.0. The molecule has 0 saturated heterocycles. The quantitative estimate of drug-likeness (QED) is 0.789. The van der Waals surface area contributed by atoms with E-state index in [1.165, 1.54) is 10.1 Å². The molecule has 0 bridgehead atoms. The fourth-order valence-electron chi connectivity index (χ4n) is 1.92. The van der Waals surface area contributed by atoms with Gasteiger partial charge in [-0.05, 0) is 40.6 Å². The molecule has 1 N–H and O–H groups in total. The van der Waals surface area contributed by atoms with Crippen molar-refractivity contribution in [3.05, 3.63) is 41.8 Å². The second-order valence-corrected chi connectivity index (χ2v) is 6.18. The molecule has 0 radical (unpaired) electrons. The highest BCUT2D eigenvalue weighted by molar-refractivity contribution is 7.17. The number of fused-ring (bicyclic) bond motifs is 1. The summed E-state index contributed by atoms with van der Waals surface area (Å²) in [5.41, 5.74) is 2.02. The molecule has 1 unspecified atom stereocenters. The van der Waals surface area contributed by atoms with Crippen molar-refractivity contribution < 1.29 is 0 Å². The predicted octanol–water partition coefficient (Wildman–Crippen LogP) is 4.70. The van der Waals surface area contributed by atoms with Gasteiger partial charge >= 0.3 is 0 Å². The fraction of sp³-hybridized carbons (Fsp3) is 0.286. The summed E-state index contributed by atoms with van der Waals surface area (Å²) in [7, 11) is 0. The molecule has 0 aliphatic rings. The number of alkyl halides is 2. The highest BCUT2D eigenvalue weighted by atomic mass is 35.5. The molecule has 0 amide bonds. The van der Waals surface area contributed by atoms with Crippen molar-refractivity contribution in [2.24, 2.45) is 0 Å². The Morgan fingerprint density at radius 3 is 2.83 bits per heavy atom. The first kappa shape index (κ1) is 13.9. The van der Waals surface area contributed by atoms with E-state index in [1.807, 2.05) is 6.92 Å². The Hall–Kier alpha value is -0.540. The van der Waals surface area contributed by atoms with Crippen LogP contribution in [0.4, 0.5) is 0 Å². The highest BCUT2D eigenvalue weighted by Gasteiger charge is 2.20. The number of benzene rings is 1. The lowest BCUT2D eigenvalue weighted by molar-refractivity contribution is 0.660. The minimum atomic E-state index is -0.503. The Kier molecular flexibility index (Phi) is 4.68. The van der Waals surface area contributed by atoms with Gasteiger partial charge in [0.05, 0.1) is 6.04 Å². The third kappa shape index (κ3) is 2.89. The number of halogens is 2. The average molecular weight is 300 g/mol. The number of nitrogens with one attached hydrogen (secondary N) is 1. The van der Waals surface area contributed by atoms with Gasteiger partial charge in [0, 0.05) is 4.70 Å². The summed E-state index contributed by atoms with van der Waals surface area (Å²) in [5, 5.41) is 6.60. The SMILES string of the molecule is C=C(c1ccc2ccsc2c1)C(NCC)C(Cl)Cl. The van der Waals surface area contributed by atoms with Crippen LogP contribution in [0.25, 0.3) is 15.7 Å². The molecule has 0 fully saturated rings. The monoisotopic (exact) mass is 299 g/mol. The maximum Gasteiger partial charge on any atom is 0.127 e. The molecular weight excluding hydrogens is 285 g/mol. The van der Waals surface area contributed by atoms with Gasteiger partial charge in [0.2, 0.25) is 0 Å². The molecule has 1 atom stereocenters. The summed E-state index contributed by atoms with van der Waals surface area (Å²) in [6.45, 7) is 6.96. The summed E-state index contributed by atoms with van der Waals surface area (Å²) >= 11 is 13.7. The minimum absolute atomic E-state index is 0.115. The topological polar surface area (TPSA) is 12.0 Å². The van der Waals surface area contributed by atoms with E-state index in [9.17, 15) is 0 Å². The van der Waals surface area contributed by atoms with E-state index in [0.717, 1.165) is 17.7 Å². The Bertz CT molecular complexity index is 547. The van der Waals surface area contributed by atoms with Crippen molar-refractivity contribution in [1.29, 1.82) is 0 Å². The number of hydrogen-bond donors (Lipinski definition) is 1. The van der Waals surface area contributed by atoms with Crippen LogP contribution in [0, 0.1) is 0 Å². The summed E-state index contributed by atoms with van der Waals surface area (Å²) in [6, 6.07) is 8.31. The summed E-state index contributed by atoms with van der Waals surface area (Å²) in [4.78, 5) is -0.503. The largest absolute Gasteiger partial charge is 0.308 e. The third-order valence-corrected chi connectivity index (χ3v) is 4.26. The van der Waals surface area contributed by atoms with Crippen LogP contribution in [0.3, 0.4) is 0 Å². The normalized spacial score (nSPS) is 13.1. The molecule has 1 nitrogen and oxygen atoms in total. The molecule has 4 heteroatoms. The van der Waals surface area contributed by atoms with Crippen molar-refractivity contribution in [2.75, 3.05) is 6.54 Å². The summed E-state index contributed by atoms with van der Waals surface area (Å²) < 4.78 is 1.25. The van der Waals surface area contributed by atoms with Gasteiger partial charge in [0.1, 0.15) is 4.84 Å². The molecule has 96 valence electrons. The average Bonchev–Trinajstić information content (AvgIpc) is 2.81. The van der Waals surface area contributed by atoms with Crippen molar-refractivity contribution in [2.45, 2.75) is 17.8 Å². The van der Waals surface area contributed by atoms with E-state index < -0.39 is 4.84 Å². The van der Waals surface area contributed by atoms with Gasteiger partial charge in [-0.3, -0.25) is 0 Å². The minimum Gasteiger partial charge on any atom is -0.308 e. The van der Waals surface area contributed by atoms with Crippen LogP contribution in [-0.4, -0.2) is 17.4 Å². The van der Waals surface area contributed by atoms with Gasteiger partial charge in [0.25, 0.3) is 0 Å². The van der Waals surface area contributed by atoms with Crippen LogP contribution < -0.4 is 5.32 Å². The van der Waals surface area contributed by atoms with Crippen molar-refractivity contribution in [3.8, 4) is 0 Å². The van der Waals surface area contributed by atoms with Crippen molar-refractivity contribution in [1.82, 2.24) is 5.32 Å². The number of thiophene rings is 1. The van der Waals surface area contributed by atoms with Gasteiger partial charge in [-0.2, -0.15) is 0 Å². The van der Waals surface area contributed by atoms with Gasteiger partial charge in [0.15, 0.2) is 0 Å². The van der Waals surface area contributed by atoms with E-state index in [-0.39, 0.29) is 6.04 Å². The van der Waals surface area contributed by atoms with Gasteiger partial charge < -0.3 is 5.32 Å². The second kappa shape index (κ2) is 6.07. The smallest absolute Gasteiger partial charge is 0.127 e. The van der Waals surface area contributed by atoms with Crippen LogP contribution in [0.15, 0.2) is 36.2 Å². The first-order valence-electron chi connectivity index (χ1n) is 5.81. The maximum atomic E-state index is 6.01. The number of likely N-dealkylation sites (N-methyl/N-ethyl adjacent to an activating group) is 1. The molecular formula is C14H15Cl2NS. The molecule has 1 heterocycles. The number of rotatable bonds is 5. The van der Waals surface area contributed by atoms with Crippen LogP contribution >= 0.6 is 34.5 Å². The van der Waals surface area contributed by atoms with Crippen LogP contribution in [0.1, 0.15) is 12.5 Å². The zero-order valence-corrected chi connectivity index (χ0v) is 12.4. The third-order valence-electron chi connectivity index (χ3n) is 2.88. The molecule has 0 aliphatic carbocycles. The predicted molar refractivity (Wildman–Crippen MR) is 83.8 cm³/mol. The Labute approximate surface area is 121 Å². The van der Waals surface area contributed by atoms with Gasteiger partial charge in [-0.25, -0.2) is 0 Å². The van der Waals surface area contributed by atoms with E-state index in [1.54, 1.807) is 11.3 Å². The molecule has 0 aliphatic heterocycles. The first-order valence-corrected chi connectivity index (χ1v) is 7.56. The molecule has 18 heavy (non-hydrogen) atoms. The standard InChI is InChI=1S/C14H15Cl2NS/c1-3-17-13(14(15)16)9(2)11-5-4-10-6-7-18-12(10)8-11/h4-8,13-14,17H,2-3H2,1H3. The van der Waals surface area contributed by atoms with Crippen molar-refractivity contribution in [3.63, 3.8) is 0 Å². The summed E-state index contributed by atoms with van der Waals surface area (Å²) in [6.07, 6.45) is 0. The lowest BCUT2D eigenvalue weighted by Crippen LogP contribution is -2.35. The molecule has 0 spiro atoms. The Balaban J connectivity index is 2.30. The maximum absolute atomic E-state index is 6.01. The Morgan fingerprint density at radius 2 is 2.17 bits per heavy atom. The summed E-state index contributed by atoms with van der Waals surface area (Å²) in [5.74, 6) is 0. The molecule has 0 saturated carbocycles. The van der Waals surface area contributed by atoms with Gasteiger partial charge in [-0.15, -0.1) is 34.5 Å². The van der Waals surface area contributed by atoms with E-state index in [0.29, 0.717) is 0 Å². The first-order chi connectivity index (χ1) is 8.63.